The molecule has 2 aromatic carbocycles. The summed E-state index contributed by atoms with van der Waals surface area (Å²) in [6.45, 7) is 0. The molecule has 0 amide bonds. The number of benzene rings is 2. The first-order valence-electron chi connectivity index (χ1n) is 5.04. The lowest BCUT2D eigenvalue weighted by Crippen LogP contribution is -1.90. The van der Waals surface area contributed by atoms with Crippen molar-refractivity contribution in [1.29, 1.82) is 0 Å². The quantitative estimate of drug-likeness (QED) is 0.646. The summed E-state index contributed by atoms with van der Waals surface area (Å²) < 4.78 is 12.6. The van der Waals surface area contributed by atoms with Crippen molar-refractivity contribution in [3.8, 4) is 0 Å². The molecule has 2 aromatic rings. The Bertz CT molecular complexity index is 523. The highest BCUT2D eigenvalue weighted by Gasteiger charge is 1.91. The molecule has 0 bridgehead atoms. The molecule has 0 aliphatic rings. The van der Waals surface area contributed by atoms with Crippen molar-refractivity contribution in [2.75, 3.05) is 5.43 Å². The fraction of sp³-hybridized carbons (Fsp3) is 0. The van der Waals surface area contributed by atoms with Crippen molar-refractivity contribution in [3.63, 3.8) is 0 Å². The van der Waals surface area contributed by atoms with Crippen LogP contribution in [0.15, 0.2) is 53.6 Å². The third-order valence-electron chi connectivity index (χ3n) is 2.10. The molecule has 1 N–H and O–H groups in total. The molecule has 0 heterocycles. The maximum atomic E-state index is 12.6. The van der Waals surface area contributed by atoms with E-state index in [0.29, 0.717) is 5.02 Å². The van der Waals surface area contributed by atoms with Crippen molar-refractivity contribution >= 4 is 23.5 Å². The zero-order valence-corrected chi connectivity index (χ0v) is 9.66. The van der Waals surface area contributed by atoms with E-state index >= 15 is 0 Å². The first kappa shape index (κ1) is 11.6. The Kier molecular flexibility index (Phi) is 3.73. The molecule has 0 saturated heterocycles. The Morgan fingerprint density at radius 1 is 1.12 bits per heavy atom. The SMILES string of the molecule is Fc1ccc(C=NNc2cccc(Cl)c2)cc1. The first-order valence-corrected chi connectivity index (χ1v) is 5.42. The standard InChI is InChI=1S/C13H10ClFN2/c14-11-2-1-3-13(8-11)17-16-9-10-4-6-12(15)7-5-10/h1-9,17H. The molecule has 0 radical (unpaired) electrons. The summed E-state index contributed by atoms with van der Waals surface area (Å²) in [6.07, 6.45) is 1.61. The largest absolute Gasteiger partial charge is 0.278 e. The fourth-order valence-corrected chi connectivity index (χ4v) is 1.48. The van der Waals surface area contributed by atoms with Crippen LogP contribution >= 0.6 is 11.6 Å². The van der Waals surface area contributed by atoms with Crippen molar-refractivity contribution < 1.29 is 4.39 Å². The molecule has 0 atom stereocenters. The molecule has 2 nitrogen and oxygen atoms in total. The zero-order chi connectivity index (χ0) is 12.1. The molecule has 2 rings (SSSR count). The molecule has 0 aromatic heterocycles. The van der Waals surface area contributed by atoms with E-state index in [-0.39, 0.29) is 5.82 Å². The van der Waals surface area contributed by atoms with Gasteiger partial charge in [0, 0.05) is 5.02 Å². The minimum Gasteiger partial charge on any atom is -0.278 e. The molecule has 17 heavy (non-hydrogen) atoms. The van der Waals surface area contributed by atoms with E-state index in [9.17, 15) is 4.39 Å². The van der Waals surface area contributed by atoms with Gasteiger partial charge in [-0.3, -0.25) is 5.43 Å². The van der Waals surface area contributed by atoms with Gasteiger partial charge >= 0.3 is 0 Å². The molecule has 0 spiro atoms. The molecule has 0 saturated carbocycles. The lowest BCUT2D eigenvalue weighted by molar-refractivity contribution is 0.628. The molecule has 0 aliphatic heterocycles. The number of hydrazone groups is 1. The second-order valence-electron chi connectivity index (χ2n) is 3.43. The van der Waals surface area contributed by atoms with Crippen LogP contribution in [0, 0.1) is 5.82 Å². The Balaban J connectivity index is 2.00. The summed E-state index contributed by atoms with van der Waals surface area (Å²) in [6, 6.07) is 13.3. The summed E-state index contributed by atoms with van der Waals surface area (Å²) in [5.41, 5.74) is 4.46. The number of nitrogens with one attached hydrogen (secondary N) is 1. The number of halogens is 2. The van der Waals surface area contributed by atoms with Gasteiger partial charge in [-0.2, -0.15) is 5.10 Å². The maximum absolute atomic E-state index is 12.6. The van der Waals surface area contributed by atoms with Gasteiger partial charge < -0.3 is 0 Å². The van der Waals surface area contributed by atoms with Gasteiger partial charge in [0.2, 0.25) is 0 Å². The van der Waals surface area contributed by atoms with Gasteiger partial charge in [0.15, 0.2) is 0 Å². The maximum Gasteiger partial charge on any atom is 0.123 e. The molecule has 0 aliphatic carbocycles. The minimum atomic E-state index is -0.259. The molecule has 4 heteroatoms. The first-order chi connectivity index (χ1) is 8.24. The predicted molar refractivity (Wildman–Crippen MR) is 69.1 cm³/mol. The van der Waals surface area contributed by atoms with Gasteiger partial charge in [-0.05, 0) is 35.9 Å². The topological polar surface area (TPSA) is 24.4 Å². The fourth-order valence-electron chi connectivity index (χ4n) is 1.29. The number of anilines is 1. The molecular formula is C13H10ClFN2. The summed E-state index contributed by atoms with van der Waals surface area (Å²) >= 11 is 5.82. The Morgan fingerprint density at radius 3 is 2.59 bits per heavy atom. The van der Waals surface area contributed by atoms with Gasteiger partial charge in [-0.15, -0.1) is 0 Å². The smallest absolute Gasteiger partial charge is 0.123 e. The van der Waals surface area contributed by atoms with Gasteiger partial charge in [0.25, 0.3) is 0 Å². The highest BCUT2D eigenvalue weighted by Crippen LogP contribution is 2.14. The van der Waals surface area contributed by atoms with Crippen molar-refractivity contribution in [2.45, 2.75) is 0 Å². The van der Waals surface area contributed by atoms with E-state index in [4.69, 9.17) is 11.6 Å². The van der Waals surface area contributed by atoms with Gasteiger partial charge in [-0.25, -0.2) is 4.39 Å². The van der Waals surface area contributed by atoms with E-state index in [1.54, 1.807) is 30.5 Å². The Hall–Kier alpha value is -1.87. The summed E-state index contributed by atoms with van der Waals surface area (Å²) in [4.78, 5) is 0. The van der Waals surface area contributed by atoms with Crippen LogP contribution in [0.1, 0.15) is 5.56 Å². The summed E-state index contributed by atoms with van der Waals surface area (Å²) in [5, 5.41) is 4.67. The lowest BCUT2D eigenvalue weighted by atomic mass is 10.2. The van der Waals surface area contributed by atoms with E-state index in [0.717, 1.165) is 11.3 Å². The van der Waals surface area contributed by atoms with Crippen LogP contribution in [0.25, 0.3) is 0 Å². The van der Waals surface area contributed by atoms with Gasteiger partial charge in [0.1, 0.15) is 5.82 Å². The molecule has 86 valence electrons. The predicted octanol–water partition coefficient (Wildman–Crippen LogP) is 3.93. The van der Waals surface area contributed by atoms with E-state index < -0.39 is 0 Å². The van der Waals surface area contributed by atoms with Crippen molar-refractivity contribution in [3.05, 3.63) is 64.9 Å². The Labute approximate surface area is 104 Å². The summed E-state index contributed by atoms with van der Waals surface area (Å²) in [5.74, 6) is -0.259. The van der Waals surface area contributed by atoms with E-state index in [2.05, 4.69) is 10.5 Å². The van der Waals surface area contributed by atoms with E-state index in [1.165, 1.54) is 12.1 Å². The van der Waals surface area contributed by atoms with Crippen molar-refractivity contribution in [1.82, 2.24) is 0 Å². The molecule has 0 fully saturated rings. The van der Waals surface area contributed by atoms with Crippen LogP contribution < -0.4 is 5.43 Å². The van der Waals surface area contributed by atoms with Gasteiger partial charge in [-0.1, -0.05) is 29.8 Å². The van der Waals surface area contributed by atoms with Crippen LogP contribution in [0.2, 0.25) is 5.02 Å². The highest BCUT2D eigenvalue weighted by atomic mass is 35.5. The zero-order valence-electron chi connectivity index (χ0n) is 8.90. The summed E-state index contributed by atoms with van der Waals surface area (Å²) in [7, 11) is 0. The van der Waals surface area contributed by atoms with Crippen LogP contribution in [0.4, 0.5) is 10.1 Å². The van der Waals surface area contributed by atoms with Crippen molar-refractivity contribution in [2.24, 2.45) is 5.10 Å². The third-order valence-corrected chi connectivity index (χ3v) is 2.34. The number of hydrogen-bond donors (Lipinski definition) is 1. The highest BCUT2D eigenvalue weighted by molar-refractivity contribution is 6.30. The van der Waals surface area contributed by atoms with Gasteiger partial charge in [0.05, 0.1) is 11.9 Å². The van der Waals surface area contributed by atoms with Crippen LogP contribution in [0.5, 0.6) is 0 Å². The third kappa shape index (κ3) is 3.57. The number of rotatable bonds is 3. The van der Waals surface area contributed by atoms with Crippen LogP contribution in [0.3, 0.4) is 0 Å². The molecule has 0 unspecified atom stereocenters. The van der Waals surface area contributed by atoms with Crippen LogP contribution in [-0.2, 0) is 0 Å². The second kappa shape index (κ2) is 5.46. The lowest BCUT2D eigenvalue weighted by Gasteiger charge is -1.99. The number of hydrogen-bond acceptors (Lipinski definition) is 2. The average molecular weight is 249 g/mol. The monoisotopic (exact) mass is 248 g/mol. The molecular weight excluding hydrogens is 239 g/mol. The van der Waals surface area contributed by atoms with Crippen LogP contribution in [-0.4, -0.2) is 6.21 Å². The normalized spacial score (nSPS) is 10.7. The second-order valence-corrected chi connectivity index (χ2v) is 3.87. The average Bonchev–Trinajstić information content (AvgIpc) is 2.32. The minimum absolute atomic E-state index is 0.259. The van der Waals surface area contributed by atoms with E-state index in [1.807, 2.05) is 12.1 Å². The number of nitrogens with zero attached hydrogens (tertiary/aromatic N) is 1. The Morgan fingerprint density at radius 2 is 1.88 bits per heavy atom.